The number of rotatable bonds is 5. The maximum Gasteiger partial charge on any atom is 0.120 e. The molecule has 0 bridgehead atoms. The molecule has 3 N–H and O–H groups in total. The molecule has 0 aromatic heterocycles. The summed E-state index contributed by atoms with van der Waals surface area (Å²) in [5, 5.41) is 0. The smallest absolute Gasteiger partial charge is 0.120 e. The second kappa shape index (κ2) is 6.74. The van der Waals surface area contributed by atoms with Crippen LogP contribution in [0.25, 0.3) is 0 Å². The lowest BCUT2D eigenvalue weighted by Gasteiger charge is -2.21. The summed E-state index contributed by atoms with van der Waals surface area (Å²) < 4.78 is 5.77. The molecule has 0 aliphatic rings. The molecule has 21 heavy (non-hydrogen) atoms. The second-order valence-electron chi connectivity index (χ2n) is 5.70. The molecule has 1 unspecified atom stereocenters. The molecule has 3 nitrogen and oxygen atoms in total. The fourth-order valence-electron chi connectivity index (χ4n) is 2.48. The molecule has 112 valence electrons. The number of ether oxygens (including phenoxy) is 1. The zero-order valence-electron chi connectivity index (χ0n) is 13.2. The van der Waals surface area contributed by atoms with Crippen molar-refractivity contribution in [2.75, 3.05) is 0 Å². The molecule has 2 aromatic rings. The van der Waals surface area contributed by atoms with E-state index in [4.69, 9.17) is 10.6 Å². The van der Waals surface area contributed by atoms with Gasteiger partial charge in [-0.25, -0.2) is 5.43 Å². The number of nitrogens with two attached hydrogens (primary N) is 1. The van der Waals surface area contributed by atoms with E-state index >= 15 is 0 Å². The van der Waals surface area contributed by atoms with Crippen LogP contribution in [-0.4, -0.2) is 6.10 Å². The molecule has 0 saturated heterocycles. The number of hydrogen-bond acceptors (Lipinski definition) is 3. The van der Waals surface area contributed by atoms with Crippen molar-refractivity contribution < 1.29 is 4.74 Å². The Hall–Kier alpha value is -1.84. The Bertz CT molecular complexity index is 608. The molecule has 0 saturated carbocycles. The van der Waals surface area contributed by atoms with Gasteiger partial charge >= 0.3 is 0 Å². The first-order chi connectivity index (χ1) is 10.0. The molecule has 2 rings (SSSR count). The topological polar surface area (TPSA) is 47.3 Å². The van der Waals surface area contributed by atoms with Gasteiger partial charge in [-0.15, -0.1) is 0 Å². The zero-order chi connectivity index (χ0) is 15.4. The highest BCUT2D eigenvalue weighted by Gasteiger charge is 2.15. The lowest BCUT2D eigenvalue weighted by Crippen LogP contribution is -2.29. The summed E-state index contributed by atoms with van der Waals surface area (Å²) in [4.78, 5) is 0. The number of nitrogens with one attached hydrogen (secondary N) is 1. The monoisotopic (exact) mass is 284 g/mol. The molecular formula is C18H24N2O. The number of hydrogen-bond donors (Lipinski definition) is 2. The average molecular weight is 284 g/mol. The quantitative estimate of drug-likeness (QED) is 0.651. The van der Waals surface area contributed by atoms with Crippen molar-refractivity contribution in [3.63, 3.8) is 0 Å². The summed E-state index contributed by atoms with van der Waals surface area (Å²) in [7, 11) is 0. The van der Waals surface area contributed by atoms with Crippen molar-refractivity contribution in [1.82, 2.24) is 5.43 Å². The molecule has 0 aliphatic heterocycles. The standard InChI is InChI=1S/C18H24N2O/c1-12(2)21-16-7-5-6-15(11-16)18(20-19)17-10-13(3)8-9-14(17)4/h5-12,18,20H,19H2,1-4H3. The fraction of sp³-hybridized carbons (Fsp3) is 0.333. The van der Waals surface area contributed by atoms with Crippen LogP contribution >= 0.6 is 0 Å². The Balaban J connectivity index is 2.39. The highest BCUT2D eigenvalue weighted by molar-refractivity contribution is 5.41. The van der Waals surface area contributed by atoms with Crippen LogP contribution in [0.3, 0.4) is 0 Å². The lowest BCUT2D eigenvalue weighted by molar-refractivity contribution is 0.242. The maximum atomic E-state index is 5.82. The van der Waals surface area contributed by atoms with Crippen LogP contribution in [0.2, 0.25) is 0 Å². The van der Waals surface area contributed by atoms with Gasteiger partial charge < -0.3 is 4.74 Å². The molecule has 0 spiro atoms. The second-order valence-corrected chi connectivity index (χ2v) is 5.70. The zero-order valence-corrected chi connectivity index (χ0v) is 13.2. The first-order valence-electron chi connectivity index (χ1n) is 7.31. The minimum absolute atomic E-state index is 0.0411. The Morgan fingerprint density at radius 3 is 2.48 bits per heavy atom. The van der Waals surface area contributed by atoms with Gasteiger partial charge in [-0.05, 0) is 56.5 Å². The predicted octanol–water partition coefficient (Wildman–Crippen LogP) is 3.64. The van der Waals surface area contributed by atoms with Crippen LogP contribution in [0.4, 0.5) is 0 Å². The summed E-state index contributed by atoms with van der Waals surface area (Å²) >= 11 is 0. The average Bonchev–Trinajstić information content (AvgIpc) is 2.43. The number of hydrazine groups is 1. The molecule has 0 radical (unpaired) electrons. The molecule has 0 amide bonds. The highest BCUT2D eigenvalue weighted by Crippen LogP contribution is 2.27. The van der Waals surface area contributed by atoms with Gasteiger partial charge in [0.1, 0.15) is 5.75 Å². The van der Waals surface area contributed by atoms with Crippen molar-refractivity contribution in [1.29, 1.82) is 0 Å². The van der Waals surface area contributed by atoms with Crippen LogP contribution in [0, 0.1) is 13.8 Å². The van der Waals surface area contributed by atoms with Gasteiger partial charge in [-0.1, -0.05) is 35.9 Å². The van der Waals surface area contributed by atoms with E-state index in [1.165, 1.54) is 16.7 Å². The summed E-state index contributed by atoms with van der Waals surface area (Å²) in [6.45, 7) is 8.24. The van der Waals surface area contributed by atoms with Crippen LogP contribution in [0.5, 0.6) is 5.75 Å². The van der Waals surface area contributed by atoms with Gasteiger partial charge in [0.15, 0.2) is 0 Å². The van der Waals surface area contributed by atoms with E-state index < -0.39 is 0 Å². The Kier molecular flexibility index (Phi) is 4.99. The summed E-state index contributed by atoms with van der Waals surface area (Å²) in [6.07, 6.45) is 0.158. The van der Waals surface area contributed by atoms with Crippen LogP contribution < -0.4 is 16.0 Å². The molecular weight excluding hydrogens is 260 g/mol. The third-order valence-corrected chi connectivity index (χ3v) is 3.48. The molecule has 0 heterocycles. The van der Waals surface area contributed by atoms with Crippen LogP contribution in [0.15, 0.2) is 42.5 Å². The minimum atomic E-state index is -0.0411. The maximum absolute atomic E-state index is 5.82. The van der Waals surface area contributed by atoms with E-state index in [1.807, 2.05) is 32.0 Å². The van der Waals surface area contributed by atoms with Gasteiger partial charge in [0.2, 0.25) is 0 Å². The van der Waals surface area contributed by atoms with Gasteiger partial charge in [0, 0.05) is 0 Å². The van der Waals surface area contributed by atoms with Gasteiger partial charge in [0.25, 0.3) is 0 Å². The minimum Gasteiger partial charge on any atom is -0.491 e. The van der Waals surface area contributed by atoms with E-state index in [2.05, 4.69) is 43.5 Å². The predicted molar refractivity (Wildman–Crippen MR) is 87.3 cm³/mol. The first kappa shape index (κ1) is 15.5. The molecule has 0 aliphatic carbocycles. The summed E-state index contributed by atoms with van der Waals surface area (Å²) in [6, 6.07) is 14.5. The van der Waals surface area contributed by atoms with Crippen molar-refractivity contribution in [3.8, 4) is 5.75 Å². The van der Waals surface area contributed by atoms with Gasteiger partial charge in [-0.3, -0.25) is 5.84 Å². The van der Waals surface area contributed by atoms with Crippen molar-refractivity contribution >= 4 is 0 Å². The molecule has 0 fully saturated rings. The van der Waals surface area contributed by atoms with E-state index in [1.54, 1.807) is 0 Å². The van der Waals surface area contributed by atoms with Crippen molar-refractivity contribution in [2.24, 2.45) is 5.84 Å². The third kappa shape index (κ3) is 3.84. The Labute approximate surface area is 127 Å². The molecule has 3 heteroatoms. The van der Waals surface area contributed by atoms with Crippen molar-refractivity contribution in [3.05, 3.63) is 64.7 Å². The van der Waals surface area contributed by atoms with Crippen LogP contribution in [0.1, 0.15) is 42.1 Å². The molecule has 1 atom stereocenters. The molecule has 2 aromatic carbocycles. The Morgan fingerprint density at radius 2 is 1.81 bits per heavy atom. The van der Waals surface area contributed by atoms with Crippen LogP contribution in [-0.2, 0) is 0 Å². The van der Waals surface area contributed by atoms with Crippen molar-refractivity contribution in [2.45, 2.75) is 39.8 Å². The fourth-order valence-corrected chi connectivity index (χ4v) is 2.48. The highest BCUT2D eigenvalue weighted by atomic mass is 16.5. The van der Waals surface area contributed by atoms with E-state index in [9.17, 15) is 0 Å². The summed E-state index contributed by atoms with van der Waals surface area (Å²) in [5.41, 5.74) is 7.67. The normalized spacial score (nSPS) is 12.5. The third-order valence-electron chi connectivity index (χ3n) is 3.48. The number of benzene rings is 2. The number of aryl methyl sites for hydroxylation is 2. The lowest BCUT2D eigenvalue weighted by atomic mass is 9.94. The largest absolute Gasteiger partial charge is 0.491 e. The van der Waals surface area contributed by atoms with E-state index in [-0.39, 0.29) is 12.1 Å². The van der Waals surface area contributed by atoms with Gasteiger partial charge in [-0.2, -0.15) is 0 Å². The Morgan fingerprint density at radius 1 is 1.05 bits per heavy atom. The van der Waals surface area contributed by atoms with E-state index in [0.717, 1.165) is 11.3 Å². The first-order valence-corrected chi connectivity index (χ1v) is 7.31. The van der Waals surface area contributed by atoms with E-state index in [0.29, 0.717) is 0 Å². The SMILES string of the molecule is Cc1ccc(C)c(C(NN)c2cccc(OC(C)C)c2)c1. The summed E-state index contributed by atoms with van der Waals surface area (Å²) in [5.74, 6) is 6.68. The van der Waals surface area contributed by atoms with Gasteiger partial charge in [0.05, 0.1) is 12.1 Å².